The number of hydrogen-bond acceptors (Lipinski definition) is 2. The summed E-state index contributed by atoms with van der Waals surface area (Å²) in [7, 11) is 0. The van der Waals surface area contributed by atoms with Crippen molar-refractivity contribution in [3.63, 3.8) is 0 Å². The number of Topliss-reactive ketones (excluding diaryl/α,β-unsaturated/α-hetero) is 1. The van der Waals surface area contributed by atoms with Gasteiger partial charge in [0.15, 0.2) is 5.78 Å². The highest BCUT2D eigenvalue weighted by Gasteiger charge is 2.27. The molecule has 2 atom stereocenters. The number of rotatable bonds is 3. The van der Waals surface area contributed by atoms with Crippen molar-refractivity contribution in [1.29, 1.82) is 0 Å². The van der Waals surface area contributed by atoms with E-state index in [1.807, 2.05) is 30.5 Å². The summed E-state index contributed by atoms with van der Waals surface area (Å²) in [5, 5.41) is 1.03. The van der Waals surface area contributed by atoms with Crippen LogP contribution in [0, 0.1) is 11.8 Å². The predicted octanol–water partition coefficient (Wildman–Crippen LogP) is 2.94. The van der Waals surface area contributed by atoms with Crippen LogP contribution in [0.3, 0.4) is 0 Å². The quantitative estimate of drug-likeness (QED) is 0.857. The van der Waals surface area contributed by atoms with E-state index in [9.17, 15) is 4.79 Å². The SMILES string of the molecule is CC1CN(CC(=O)c2c[nH]c3ccccc23)CC1C. The lowest BCUT2D eigenvalue weighted by Crippen LogP contribution is -2.27. The van der Waals surface area contributed by atoms with Gasteiger partial charge in [0.25, 0.3) is 0 Å². The molecular formula is C16H20N2O. The summed E-state index contributed by atoms with van der Waals surface area (Å²) in [6.45, 7) is 7.14. The molecule has 1 aliphatic rings. The molecule has 3 nitrogen and oxygen atoms in total. The number of likely N-dealkylation sites (tertiary alicyclic amines) is 1. The van der Waals surface area contributed by atoms with Crippen molar-refractivity contribution in [1.82, 2.24) is 9.88 Å². The molecule has 0 bridgehead atoms. The maximum absolute atomic E-state index is 12.4. The molecule has 0 saturated carbocycles. The second kappa shape index (κ2) is 4.82. The molecule has 1 N–H and O–H groups in total. The van der Waals surface area contributed by atoms with Crippen LogP contribution in [0.25, 0.3) is 10.9 Å². The number of nitrogens with one attached hydrogen (secondary N) is 1. The molecular weight excluding hydrogens is 236 g/mol. The molecule has 0 radical (unpaired) electrons. The first-order chi connectivity index (χ1) is 9.15. The fourth-order valence-electron chi connectivity index (χ4n) is 2.97. The maximum atomic E-state index is 12.4. The number of carbonyl (C=O) groups is 1. The Morgan fingerprint density at radius 3 is 2.68 bits per heavy atom. The number of carbonyl (C=O) groups excluding carboxylic acids is 1. The highest BCUT2D eigenvalue weighted by molar-refractivity contribution is 6.08. The van der Waals surface area contributed by atoms with Crippen LogP contribution in [-0.4, -0.2) is 35.3 Å². The smallest absolute Gasteiger partial charge is 0.178 e. The van der Waals surface area contributed by atoms with Crippen molar-refractivity contribution in [2.75, 3.05) is 19.6 Å². The van der Waals surface area contributed by atoms with Crippen molar-refractivity contribution in [2.45, 2.75) is 13.8 Å². The molecule has 1 aliphatic heterocycles. The summed E-state index contributed by atoms with van der Waals surface area (Å²) < 4.78 is 0. The topological polar surface area (TPSA) is 36.1 Å². The molecule has 0 amide bonds. The van der Waals surface area contributed by atoms with Gasteiger partial charge in [-0.15, -0.1) is 0 Å². The molecule has 3 rings (SSSR count). The molecule has 1 aromatic carbocycles. The van der Waals surface area contributed by atoms with E-state index in [-0.39, 0.29) is 5.78 Å². The Bertz CT molecular complexity index is 592. The molecule has 0 spiro atoms. The minimum Gasteiger partial charge on any atom is -0.360 e. The van der Waals surface area contributed by atoms with Crippen LogP contribution < -0.4 is 0 Å². The Morgan fingerprint density at radius 1 is 1.26 bits per heavy atom. The number of nitrogens with zero attached hydrogens (tertiary/aromatic N) is 1. The van der Waals surface area contributed by atoms with Crippen LogP contribution in [0.15, 0.2) is 30.5 Å². The number of para-hydroxylation sites is 1. The first kappa shape index (κ1) is 12.4. The molecule has 1 aromatic heterocycles. The molecule has 1 fully saturated rings. The molecule has 2 unspecified atom stereocenters. The van der Waals surface area contributed by atoms with Crippen LogP contribution >= 0.6 is 0 Å². The molecule has 2 heterocycles. The van der Waals surface area contributed by atoms with Gasteiger partial charge in [-0.25, -0.2) is 0 Å². The Kier molecular flexibility index (Phi) is 3.15. The third-order valence-electron chi connectivity index (χ3n) is 4.32. The van der Waals surface area contributed by atoms with Gasteiger partial charge in [-0.1, -0.05) is 32.0 Å². The minimum absolute atomic E-state index is 0.221. The largest absolute Gasteiger partial charge is 0.360 e. The van der Waals surface area contributed by atoms with Gasteiger partial charge in [0.2, 0.25) is 0 Å². The number of H-pyrrole nitrogens is 1. The van der Waals surface area contributed by atoms with E-state index >= 15 is 0 Å². The monoisotopic (exact) mass is 256 g/mol. The zero-order valence-corrected chi connectivity index (χ0v) is 11.5. The number of fused-ring (bicyclic) bond motifs is 1. The summed E-state index contributed by atoms with van der Waals surface area (Å²) in [5.41, 5.74) is 1.86. The summed E-state index contributed by atoms with van der Waals surface area (Å²) in [4.78, 5) is 17.9. The summed E-state index contributed by atoms with van der Waals surface area (Å²) in [6.07, 6.45) is 1.84. The van der Waals surface area contributed by atoms with Crippen LogP contribution in [0.4, 0.5) is 0 Å². The summed E-state index contributed by atoms with van der Waals surface area (Å²) in [5.74, 6) is 1.60. The molecule has 19 heavy (non-hydrogen) atoms. The Labute approximate surface area is 113 Å². The lowest BCUT2D eigenvalue weighted by atomic mass is 10.0. The zero-order chi connectivity index (χ0) is 13.4. The average molecular weight is 256 g/mol. The van der Waals surface area contributed by atoms with Crippen molar-refractivity contribution >= 4 is 16.7 Å². The van der Waals surface area contributed by atoms with Gasteiger partial charge in [-0.05, 0) is 17.9 Å². The molecule has 1 saturated heterocycles. The highest BCUT2D eigenvalue weighted by Crippen LogP contribution is 2.23. The number of benzene rings is 1. The van der Waals surface area contributed by atoms with Crippen molar-refractivity contribution in [2.24, 2.45) is 11.8 Å². The molecule has 3 heteroatoms. The Balaban J connectivity index is 1.78. The Morgan fingerprint density at radius 2 is 1.95 bits per heavy atom. The minimum atomic E-state index is 0.221. The van der Waals surface area contributed by atoms with Crippen LogP contribution in [0.2, 0.25) is 0 Å². The van der Waals surface area contributed by atoms with E-state index in [1.54, 1.807) is 0 Å². The van der Waals surface area contributed by atoms with Crippen molar-refractivity contribution in [3.8, 4) is 0 Å². The fraction of sp³-hybridized carbons (Fsp3) is 0.438. The lowest BCUT2D eigenvalue weighted by Gasteiger charge is -2.13. The average Bonchev–Trinajstić information content (AvgIpc) is 2.94. The van der Waals surface area contributed by atoms with Gasteiger partial charge in [-0.3, -0.25) is 9.69 Å². The number of hydrogen-bond donors (Lipinski definition) is 1. The second-order valence-electron chi connectivity index (χ2n) is 5.82. The predicted molar refractivity (Wildman–Crippen MR) is 77.4 cm³/mol. The van der Waals surface area contributed by atoms with Gasteiger partial charge < -0.3 is 4.98 Å². The lowest BCUT2D eigenvalue weighted by molar-refractivity contribution is 0.0944. The van der Waals surface area contributed by atoms with E-state index in [2.05, 4.69) is 23.7 Å². The normalized spacial score (nSPS) is 24.1. The second-order valence-corrected chi connectivity index (χ2v) is 5.82. The van der Waals surface area contributed by atoms with Crippen LogP contribution in [0.1, 0.15) is 24.2 Å². The number of aromatic nitrogens is 1. The van der Waals surface area contributed by atoms with Gasteiger partial charge in [0.1, 0.15) is 0 Å². The van der Waals surface area contributed by atoms with Crippen LogP contribution in [0.5, 0.6) is 0 Å². The van der Waals surface area contributed by atoms with E-state index in [4.69, 9.17) is 0 Å². The van der Waals surface area contributed by atoms with Gasteiger partial charge >= 0.3 is 0 Å². The van der Waals surface area contributed by atoms with Crippen molar-refractivity contribution < 1.29 is 4.79 Å². The fourth-order valence-corrected chi connectivity index (χ4v) is 2.97. The maximum Gasteiger partial charge on any atom is 0.178 e. The zero-order valence-electron chi connectivity index (χ0n) is 11.5. The summed E-state index contributed by atoms with van der Waals surface area (Å²) >= 11 is 0. The van der Waals surface area contributed by atoms with Gasteiger partial charge in [0.05, 0.1) is 6.54 Å². The van der Waals surface area contributed by atoms with Crippen molar-refractivity contribution in [3.05, 3.63) is 36.0 Å². The summed E-state index contributed by atoms with van der Waals surface area (Å²) in [6, 6.07) is 7.98. The highest BCUT2D eigenvalue weighted by atomic mass is 16.1. The molecule has 2 aromatic rings. The first-order valence-electron chi connectivity index (χ1n) is 6.97. The first-order valence-corrected chi connectivity index (χ1v) is 6.97. The van der Waals surface area contributed by atoms with Crippen LogP contribution in [-0.2, 0) is 0 Å². The molecule has 100 valence electrons. The number of ketones is 1. The van der Waals surface area contributed by atoms with Gasteiger partial charge in [-0.2, -0.15) is 0 Å². The van der Waals surface area contributed by atoms with E-state index in [1.165, 1.54) is 0 Å². The Hall–Kier alpha value is -1.61. The molecule has 0 aliphatic carbocycles. The van der Waals surface area contributed by atoms with Gasteiger partial charge in [0, 0.05) is 35.8 Å². The third-order valence-corrected chi connectivity index (χ3v) is 4.32. The standard InChI is InChI=1S/C16H20N2O/c1-11-8-18(9-12(11)2)10-16(19)14-7-17-15-6-4-3-5-13(14)15/h3-7,11-12,17H,8-10H2,1-2H3. The van der Waals surface area contributed by atoms with E-state index in [0.29, 0.717) is 18.4 Å². The number of aromatic amines is 1. The van der Waals surface area contributed by atoms with E-state index in [0.717, 1.165) is 29.6 Å². The third kappa shape index (κ3) is 2.30. The van der Waals surface area contributed by atoms with E-state index < -0.39 is 0 Å².